The summed E-state index contributed by atoms with van der Waals surface area (Å²) in [5, 5.41) is 15.0. The lowest BCUT2D eigenvalue weighted by Gasteiger charge is -2.07. The summed E-state index contributed by atoms with van der Waals surface area (Å²) in [6.07, 6.45) is 1.70. The monoisotopic (exact) mass is 274 g/mol. The SMILES string of the molecule is CN/N=C(\C(=N)c1ccc(OC)cc1)c1nccs1. The zero-order valence-electron chi connectivity index (χ0n) is 10.7. The Hall–Kier alpha value is -2.21. The van der Waals surface area contributed by atoms with Crippen LogP contribution in [0.25, 0.3) is 0 Å². The van der Waals surface area contributed by atoms with Crippen molar-refractivity contribution in [3.05, 3.63) is 46.4 Å². The number of rotatable bonds is 5. The van der Waals surface area contributed by atoms with Crippen molar-refractivity contribution < 1.29 is 4.74 Å². The molecule has 1 aromatic carbocycles. The summed E-state index contributed by atoms with van der Waals surface area (Å²) in [5.41, 5.74) is 4.34. The minimum Gasteiger partial charge on any atom is -0.497 e. The maximum Gasteiger partial charge on any atom is 0.145 e. The topological polar surface area (TPSA) is 70.4 Å². The Morgan fingerprint density at radius 2 is 2.11 bits per heavy atom. The molecule has 0 aliphatic heterocycles. The van der Waals surface area contributed by atoms with Crippen molar-refractivity contribution in [2.24, 2.45) is 5.10 Å². The first-order chi connectivity index (χ1) is 9.26. The average Bonchev–Trinajstić information content (AvgIpc) is 2.98. The summed E-state index contributed by atoms with van der Waals surface area (Å²) < 4.78 is 5.11. The molecule has 0 saturated heterocycles. The van der Waals surface area contributed by atoms with Crippen molar-refractivity contribution in [1.82, 2.24) is 10.4 Å². The van der Waals surface area contributed by atoms with Crippen molar-refractivity contribution in [2.75, 3.05) is 14.2 Å². The molecule has 0 spiro atoms. The van der Waals surface area contributed by atoms with Gasteiger partial charge in [-0.1, -0.05) is 0 Å². The molecule has 6 heteroatoms. The number of thiazole rings is 1. The summed E-state index contributed by atoms with van der Waals surface area (Å²) in [7, 11) is 3.32. The summed E-state index contributed by atoms with van der Waals surface area (Å²) in [6, 6.07) is 7.31. The Balaban J connectivity index is 2.32. The zero-order valence-corrected chi connectivity index (χ0v) is 11.5. The van der Waals surface area contributed by atoms with Gasteiger partial charge in [-0.05, 0) is 24.3 Å². The van der Waals surface area contributed by atoms with Crippen LogP contribution in [0, 0.1) is 5.41 Å². The molecule has 0 atom stereocenters. The fourth-order valence-corrected chi connectivity index (χ4v) is 2.19. The second kappa shape index (κ2) is 6.10. The molecule has 0 saturated carbocycles. The second-order valence-electron chi connectivity index (χ2n) is 3.62. The number of hydrazone groups is 1. The van der Waals surface area contributed by atoms with Crippen LogP contribution < -0.4 is 10.2 Å². The minimum atomic E-state index is 0.326. The van der Waals surface area contributed by atoms with E-state index in [0.29, 0.717) is 11.4 Å². The van der Waals surface area contributed by atoms with E-state index in [9.17, 15) is 0 Å². The summed E-state index contributed by atoms with van der Waals surface area (Å²) in [4.78, 5) is 4.20. The fraction of sp³-hybridized carbons (Fsp3) is 0.154. The number of nitrogens with one attached hydrogen (secondary N) is 2. The van der Waals surface area contributed by atoms with Crippen LogP contribution in [-0.2, 0) is 0 Å². The van der Waals surface area contributed by atoms with Gasteiger partial charge in [0.1, 0.15) is 16.5 Å². The highest BCUT2D eigenvalue weighted by Gasteiger charge is 2.15. The van der Waals surface area contributed by atoms with E-state index in [1.165, 1.54) is 11.3 Å². The van der Waals surface area contributed by atoms with Gasteiger partial charge in [0.15, 0.2) is 0 Å². The molecule has 1 aromatic heterocycles. The van der Waals surface area contributed by atoms with Crippen LogP contribution >= 0.6 is 11.3 Å². The van der Waals surface area contributed by atoms with Crippen molar-refractivity contribution in [1.29, 1.82) is 5.41 Å². The molecule has 98 valence electrons. The van der Waals surface area contributed by atoms with E-state index >= 15 is 0 Å². The van der Waals surface area contributed by atoms with Crippen LogP contribution in [-0.4, -0.2) is 30.6 Å². The lowest BCUT2D eigenvalue weighted by atomic mass is 10.1. The smallest absolute Gasteiger partial charge is 0.145 e. The minimum absolute atomic E-state index is 0.326. The van der Waals surface area contributed by atoms with Gasteiger partial charge in [0.05, 0.1) is 12.8 Å². The first kappa shape index (κ1) is 13.2. The Bertz CT molecular complexity index is 575. The molecule has 0 radical (unpaired) electrons. The molecule has 2 aromatic rings. The van der Waals surface area contributed by atoms with Crippen molar-refractivity contribution in [2.45, 2.75) is 0 Å². The first-order valence-corrected chi connectivity index (χ1v) is 6.52. The third-order valence-electron chi connectivity index (χ3n) is 2.47. The molecule has 0 aliphatic rings. The highest BCUT2D eigenvalue weighted by atomic mass is 32.1. The highest BCUT2D eigenvalue weighted by molar-refractivity contribution is 7.12. The Morgan fingerprint density at radius 3 is 2.63 bits per heavy atom. The Kier molecular flexibility index (Phi) is 4.25. The number of methoxy groups -OCH3 is 1. The van der Waals surface area contributed by atoms with Crippen molar-refractivity contribution >= 4 is 22.8 Å². The van der Waals surface area contributed by atoms with Gasteiger partial charge in [-0.2, -0.15) is 5.10 Å². The average molecular weight is 274 g/mol. The third kappa shape index (κ3) is 2.97. The maximum absolute atomic E-state index is 8.25. The quantitative estimate of drug-likeness (QED) is 0.648. The molecule has 2 N–H and O–H groups in total. The molecule has 19 heavy (non-hydrogen) atoms. The van der Waals surface area contributed by atoms with Gasteiger partial charge in [0.2, 0.25) is 0 Å². The summed E-state index contributed by atoms with van der Waals surface area (Å²) >= 11 is 1.45. The van der Waals surface area contributed by atoms with Gasteiger partial charge < -0.3 is 10.2 Å². The molecule has 5 nitrogen and oxygen atoms in total. The zero-order chi connectivity index (χ0) is 13.7. The Morgan fingerprint density at radius 1 is 1.37 bits per heavy atom. The number of benzene rings is 1. The van der Waals surface area contributed by atoms with Gasteiger partial charge in [0.25, 0.3) is 0 Å². The standard InChI is InChI=1S/C13H14N4OS/c1-15-17-12(13-16-7-8-19-13)11(14)9-3-5-10(18-2)6-4-9/h3-8,14-15H,1-2H3/b14-11?,17-12+. The molecular weight excluding hydrogens is 260 g/mol. The van der Waals surface area contributed by atoms with E-state index in [0.717, 1.165) is 16.3 Å². The molecule has 0 aliphatic carbocycles. The van der Waals surface area contributed by atoms with Crippen molar-refractivity contribution in [3.8, 4) is 5.75 Å². The molecule has 0 unspecified atom stereocenters. The van der Waals surface area contributed by atoms with E-state index in [-0.39, 0.29) is 0 Å². The van der Waals surface area contributed by atoms with Gasteiger partial charge in [-0.25, -0.2) is 4.98 Å². The van der Waals surface area contributed by atoms with Gasteiger partial charge in [-0.3, -0.25) is 5.41 Å². The molecular formula is C13H14N4OS. The summed E-state index contributed by atoms with van der Waals surface area (Å²) in [6.45, 7) is 0. The fourth-order valence-electron chi connectivity index (χ4n) is 1.56. The largest absolute Gasteiger partial charge is 0.497 e. The maximum atomic E-state index is 8.25. The molecule has 1 heterocycles. The Labute approximate surface area is 115 Å². The normalized spacial score (nSPS) is 11.2. The van der Waals surface area contributed by atoms with E-state index < -0.39 is 0 Å². The number of ether oxygens (including phenoxy) is 1. The number of hydrogen-bond donors (Lipinski definition) is 2. The van der Waals surface area contributed by atoms with E-state index in [1.54, 1.807) is 20.4 Å². The highest BCUT2D eigenvalue weighted by Crippen LogP contribution is 2.15. The molecule has 0 amide bonds. The third-order valence-corrected chi connectivity index (χ3v) is 3.25. The predicted molar refractivity (Wildman–Crippen MR) is 77.5 cm³/mol. The van der Waals surface area contributed by atoms with Crippen LogP contribution in [0.1, 0.15) is 10.6 Å². The predicted octanol–water partition coefficient (Wildman–Crippen LogP) is 2.14. The summed E-state index contributed by atoms with van der Waals surface area (Å²) in [5.74, 6) is 0.762. The number of aromatic nitrogens is 1. The van der Waals surface area contributed by atoms with Crippen LogP contribution in [0.4, 0.5) is 0 Å². The first-order valence-electron chi connectivity index (χ1n) is 5.64. The van der Waals surface area contributed by atoms with Gasteiger partial charge in [0, 0.05) is 24.2 Å². The lowest BCUT2D eigenvalue weighted by molar-refractivity contribution is 0.415. The second-order valence-corrected chi connectivity index (χ2v) is 4.52. The van der Waals surface area contributed by atoms with Crippen molar-refractivity contribution in [3.63, 3.8) is 0 Å². The van der Waals surface area contributed by atoms with Crippen LogP contribution in [0.3, 0.4) is 0 Å². The molecule has 0 bridgehead atoms. The van der Waals surface area contributed by atoms with E-state index in [4.69, 9.17) is 10.1 Å². The van der Waals surface area contributed by atoms with E-state index in [1.807, 2.05) is 29.6 Å². The van der Waals surface area contributed by atoms with Gasteiger partial charge in [-0.15, -0.1) is 11.3 Å². The van der Waals surface area contributed by atoms with Gasteiger partial charge >= 0.3 is 0 Å². The lowest BCUT2D eigenvalue weighted by Crippen LogP contribution is -2.18. The van der Waals surface area contributed by atoms with Crippen LogP contribution in [0.5, 0.6) is 5.75 Å². The van der Waals surface area contributed by atoms with E-state index in [2.05, 4.69) is 15.5 Å². The number of hydrogen-bond acceptors (Lipinski definition) is 6. The van der Waals surface area contributed by atoms with Crippen LogP contribution in [0.2, 0.25) is 0 Å². The number of nitrogens with zero attached hydrogens (tertiary/aromatic N) is 2. The van der Waals surface area contributed by atoms with Crippen LogP contribution in [0.15, 0.2) is 40.9 Å². The molecule has 2 rings (SSSR count). The molecule has 0 fully saturated rings.